The van der Waals surface area contributed by atoms with Crippen molar-refractivity contribution < 1.29 is 8.42 Å². The molecule has 0 aliphatic rings. The van der Waals surface area contributed by atoms with Gasteiger partial charge in [0.2, 0.25) is 15.0 Å². The number of rotatable bonds is 9. The molecule has 7 heteroatoms. The molecule has 3 rings (SSSR count). The largest absolute Gasteiger partial charge is 0.321 e. The fraction of sp³-hybridized carbons (Fsp3) is 0.238. The van der Waals surface area contributed by atoms with Crippen LogP contribution in [0.15, 0.2) is 78.5 Å². The monoisotopic (exact) mass is 396 g/mol. The van der Waals surface area contributed by atoms with E-state index in [9.17, 15) is 8.42 Å². The summed E-state index contributed by atoms with van der Waals surface area (Å²) in [6.07, 6.45) is 2.56. The molecule has 0 saturated carbocycles. The molecule has 0 radical (unpaired) electrons. The van der Waals surface area contributed by atoms with Crippen molar-refractivity contribution in [2.75, 3.05) is 5.75 Å². The highest BCUT2D eigenvalue weighted by Gasteiger charge is 2.26. The summed E-state index contributed by atoms with van der Waals surface area (Å²) in [5, 5.41) is 8.07. The minimum absolute atomic E-state index is 0.0538. The van der Waals surface area contributed by atoms with Gasteiger partial charge in [-0.05, 0) is 24.0 Å². The van der Waals surface area contributed by atoms with Gasteiger partial charge in [-0.15, -0.1) is 16.8 Å². The van der Waals surface area contributed by atoms with Gasteiger partial charge in [-0.25, -0.2) is 8.42 Å². The molecule has 0 spiro atoms. The van der Waals surface area contributed by atoms with E-state index in [0.29, 0.717) is 25.2 Å². The second-order valence-corrected chi connectivity index (χ2v) is 8.52. The maximum absolute atomic E-state index is 12.6. The predicted octanol–water partition coefficient (Wildman–Crippen LogP) is 2.72. The fourth-order valence-electron chi connectivity index (χ4n) is 3.09. The van der Waals surface area contributed by atoms with Crippen molar-refractivity contribution in [3.63, 3.8) is 0 Å². The highest BCUT2D eigenvalue weighted by molar-refractivity contribution is 7.91. The van der Waals surface area contributed by atoms with Gasteiger partial charge >= 0.3 is 0 Å². The van der Waals surface area contributed by atoms with Gasteiger partial charge in [0.25, 0.3) is 0 Å². The molecule has 0 amide bonds. The quantitative estimate of drug-likeness (QED) is 0.562. The maximum atomic E-state index is 12.6. The van der Waals surface area contributed by atoms with Gasteiger partial charge in [0, 0.05) is 6.54 Å². The van der Waals surface area contributed by atoms with E-state index in [0.717, 1.165) is 11.1 Å². The van der Waals surface area contributed by atoms with Crippen LogP contribution < -0.4 is 5.73 Å². The first kappa shape index (κ1) is 20.0. The third kappa shape index (κ3) is 4.74. The van der Waals surface area contributed by atoms with Gasteiger partial charge < -0.3 is 10.3 Å². The first-order chi connectivity index (χ1) is 13.5. The number of aromatic nitrogens is 3. The molecule has 1 heterocycles. The van der Waals surface area contributed by atoms with Gasteiger partial charge in [0.1, 0.15) is 0 Å². The Balaban J connectivity index is 1.92. The zero-order valence-electron chi connectivity index (χ0n) is 15.6. The van der Waals surface area contributed by atoms with Crippen LogP contribution in [0.1, 0.15) is 23.0 Å². The number of sulfone groups is 1. The Morgan fingerprint density at radius 3 is 2.21 bits per heavy atom. The second-order valence-electron chi connectivity index (χ2n) is 6.59. The number of hydrogen-bond donors (Lipinski definition) is 1. The Hall–Kier alpha value is -2.77. The van der Waals surface area contributed by atoms with Crippen molar-refractivity contribution in [3.05, 3.63) is 90.3 Å². The minimum Gasteiger partial charge on any atom is -0.321 e. The first-order valence-electron chi connectivity index (χ1n) is 9.11. The van der Waals surface area contributed by atoms with Crippen molar-refractivity contribution in [1.82, 2.24) is 14.8 Å². The Morgan fingerprint density at radius 1 is 1.00 bits per heavy atom. The van der Waals surface area contributed by atoms with Crippen LogP contribution in [0.2, 0.25) is 0 Å². The van der Waals surface area contributed by atoms with Crippen LogP contribution in [0.25, 0.3) is 0 Å². The number of aryl methyl sites for hydroxylation is 1. The third-order valence-electron chi connectivity index (χ3n) is 4.46. The first-order valence-corrected chi connectivity index (χ1v) is 10.8. The number of benzene rings is 2. The van der Waals surface area contributed by atoms with Crippen LogP contribution in [-0.2, 0) is 29.2 Å². The van der Waals surface area contributed by atoms with Crippen LogP contribution in [0.4, 0.5) is 0 Å². The lowest BCUT2D eigenvalue weighted by atomic mass is 10.1. The van der Waals surface area contributed by atoms with Crippen LogP contribution in [-0.4, -0.2) is 28.9 Å². The fourth-order valence-corrected chi connectivity index (χ4v) is 4.23. The molecule has 0 unspecified atom stereocenters. The zero-order chi connectivity index (χ0) is 20.0. The number of nitrogens with two attached hydrogens (primary N) is 1. The summed E-state index contributed by atoms with van der Waals surface area (Å²) in [5.41, 5.74) is 8.55. The number of hydrogen-bond acceptors (Lipinski definition) is 5. The molecule has 28 heavy (non-hydrogen) atoms. The van der Waals surface area contributed by atoms with Crippen molar-refractivity contribution in [3.8, 4) is 0 Å². The summed E-state index contributed by atoms with van der Waals surface area (Å²) in [6, 6.07) is 19.2. The Labute approximate surface area is 165 Å². The van der Waals surface area contributed by atoms with Gasteiger partial charge in [0.05, 0.1) is 11.8 Å². The Bertz CT molecular complexity index is 1020. The smallest absolute Gasteiger partial charge is 0.250 e. The topological polar surface area (TPSA) is 90.9 Å². The molecule has 2 aromatic carbocycles. The summed E-state index contributed by atoms with van der Waals surface area (Å²) in [4.78, 5) is 0. The van der Waals surface area contributed by atoms with Crippen LogP contribution in [0, 0.1) is 0 Å². The van der Waals surface area contributed by atoms with E-state index >= 15 is 0 Å². The van der Waals surface area contributed by atoms with Gasteiger partial charge in [0.15, 0.2) is 5.82 Å². The molecular formula is C21H24N4O2S. The van der Waals surface area contributed by atoms with Crippen molar-refractivity contribution in [2.45, 2.75) is 30.6 Å². The predicted molar refractivity (Wildman–Crippen MR) is 109 cm³/mol. The Morgan fingerprint density at radius 2 is 1.61 bits per heavy atom. The molecular weight excluding hydrogens is 372 g/mol. The van der Waals surface area contributed by atoms with Crippen LogP contribution in [0.5, 0.6) is 0 Å². The molecule has 3 aromatic rings. The standard InChI is InChI=1S/C21H24N4O2S/c1-2-15-28(26,27)21-24-23-20(19(22)16-18-11-7-4-8-12-18)25(21)14-13-17-9-5-3-6-10-17/h2-12,19H,1,13-16,22H2/t19-/m0/s1. The van der Waals surface area contributed by atoms with E-state index in [4.69, 9.17) is 5.73 Å². The average Bonchev–Trinajstić information content (AvgIpc) is 3.13. The summed E-state index contributed by atoms with van der Waals surface area (Å²) in [6.45, 7) is 3.96. The summed E-state index contributed by atoms with van der Waals surface area (Å²) in [7, 11) is -3.62. The third-order valence-corrected chi connectivity index (χ3v) is 5.99. The molecule has 0 aliphatic carbocycles. The van der Waals surface area contributed by atoms with Gasteiger partial charge in [-0.3, -0.25) is 0 Å². The molecule has 0 bridgehead atoms. The van der Waals surface area contributed by atoms with Gasteiger partial charge in [-0.2, -0.15) is 0 Å². The molecule has 146 valence electrons. The molecule has 0 saturated heterocycles. The molecule has 2 N–H and O–H groups in total. The van der Waals surface area contributed by atoms with E-state index in [1.54, 1.807) is 4.57 Å². The van der Waals surface area contributed by atoms with E-state index in [-0.39, 0.29) is 10.9 Å². The summed E-state index contributed by atoms with van der Waals surface area (Å²) < 4.78 is 26.9. The van der Waals surface area contributed by atoms with Crippen molar-refractivity contribution in [1.29, 1.82) is 0 Å². The van der Waals surface area contributed by atoms with E-state index in [2.05, 4.69) is 16.8 Å². The summed E-state index contributed by atoms with van der Waals surface area (Å²) in [5.74, 6) is 0.284. The molecule has 1 atom stereocenters. The maximum Gasteiger partial charge on any atom is 0.250 e. The zero-order valence-corrected chi connectivity index (χ0v) is 16.4. The normalized spacial score (nSPS) is 12.6. The average molecular weight is 397 g/mol. The minimum atomic E-state index is -3.62. The molecule has 0 aliphatic heterocycles. The van der Waals surface area contributed by atoms with Crippen molar-refractivity contribution in [2.24, 2.45) is 5.73 Å². The highest BCUT2D eigenvalue weighted by Crippen LogP contribution is 2.20. The second kappa shape index (κ2) is 8.95. The molecule has 6 nitrogen and oxygen atoms in total. The molecule has 0 fully saturated rings. The summed E-state index contributed by atoms with van der Waals surface area (Å²) >= 11 is 0. The van der Waals surface area contributed by atoms with Gasteiger partial charge in [-0.1, -0.05) is 66.7 Å². The highest BCUT2D eigenvalue weighted by atomic mass is 32.2. The van der Waals surface area contributed by atoms with Crippen LogP contribution >= 0.6 is 0 Å². The lowest BCUT2D eigenvalue weighted by Gasteiger charge is -2.15. The lowest BCUT2D eigenvalue weighted by molar-refractivity contribution is 0.532. The van der Waals surface area contributed by atoms with E-state index < -0.39 is 15.9 Å². The Kier molecular flexibility index (Phi) is 6.38. The SMILES string of the molecule is C=CCS(=O)(=O)c1nnc([C@@H](N)Cc2ccccc2)n1CCc1ccccc1. The van der Waals surface area contributed by atoms with Crippen LogP contribution in [0.3, 0.4) is 0 Å². The van der Waals surface area contributed by atoms with Crippen molar-refractivity contribution >= 4 is 9.84 Å². The number of nitrogens with zero attached hydrogens (tertiary/aromatic N) is 3. The van der Waals surface area contributed by atoms with E-state index in [1.807, 2.05) is 60.7 Å². The van der Waals surface area contributed by atoms with E-state index in [1.165, 1.54) is 6.08 Å². The lowest BCUT2D eigenvalue weighted by Crippen LogP contribution is -2.22. The molecule has 1 aromatic heterocycles.